The molecule has 1 atom stereocenters. The van der Waals surface area contributed by atoms with Crippen molar-refractivity contribution in [2.24, 2.45) is 5.41 Å². The second-order valence-corrected chi connectivity index (χ2v) is 5.87. The Kier molecular flexibility index (Phi) is 5.48. The van der Waals surface area contributed by atoms with Gasteiger partial charge in [-0.05, 0) is 29.5 Å². The van der Waals surface area contributed by atoms with Crippen LogP contribution in [0.25, 0.3) is 0 Å². The summed E-state index contributed by atoms with van der Waals surface area (Å²) in [6.07, 6.45) is 0.772. The van der Waals surface area contributed by atoms with Gasteiger partial charge in [-0.3, -0.25) is 4.79 Å². The SMILES string of the molecule is COCC(=O)NC(CC(C)(C)C)c1ccc(F)cc1. The summed E-state index contributed by atoms with van der Waals surface area (Å²) in [6.45, 7) is 6.34. The van der Waals surface area contributed by atoms with Gasteiger partial charge in [0.2, 0.25) is 5.91 Å². The van der Waals surface area contributed by atoms with Crippen molar-refractivity contribution >= 4 is 5.91 Å². The predicted molar refractivity (Wildman–Crippen MR) is 73.2 cm³/mol. The lowest BCUT2D eigenvalue weighted by molar-refractivity contribution is -0.125. The molecule has 0 heterocycles. The molecule has 0 aromatic heterocycles. The van der Waals surface area contributed by atoms with Gasteiger partial charge < -0.3 is 10.1 Å². The van der Waals surface area contributed by atoms with E-state index in [1.165, 1.54) is 19.2 Å². The largest absolute Gasteiger partial charge is 0.375 e. The van der Waals surface area contributed by atoms with Crippen molar-refractivity contribution in [3.05, 3.63) is 35.6 Å². The zero-order chi connectivity index (χ0) is 14.5. The number of ether oxygens (including phenoxy) is 1. The van der Waals surface area contributed by atoms with E-state index in [1.54, 1.807) is 12.1 Å². The minimum atomic E-state index is -0.276. The van der Waals surface area contributed by atoms with Crippen molar-refractivity contribution in [1.82, 2.24) is 5.32 Å². The number of amides is 1. The average Bonchev–Trinajstić information content (AvgIpc) is 2.27. The van der Waals surface area contributed by atoms with E-state index in [2.05, 4.69) is 26.1 Å². The van der Waals surface area contributed by atoms with Gasteiger partial charge in [0.05, 0.1) is 6.04 Å². The van der Waals surface area contributed by atoms with Crippen LogP contribution in [0.5, 0.6) is 0 Å². The molecule has 0 fully saturated rings. The fourth-order valence-electron chi connectivity index (χ4n) is 1.93. The molecule has 1 rings (SSSR count). The lowest BCUT2D eigenvalue weighted by Gasteiger charge is -2.27. The van der Waals surface area contributed by atoms with Crippen molar-refractivity contribution < 1.29 is 13.9 Å². The molecule has 0 spiro atoms. The normalized spacial score (nSPS) is 13.1. The van der Waals surface area contributed by atoms with Crippen LogP contribution in [0.3, 0.4) is 0 Å². The maximum Gasteiger partial charge on any atom is 0.246 e. The summed E-state index contributed by atoms with van der Waals surface area (Å²) in [5.41, 5.74) is 0.958. The molecule has 0 aliphatic rings. The highest BCUT2D eigenvalue weighted by Crippen LogP contribution is 2.29. The smallest absolute Gasteiger partial charge is 0.246 e. The zero-order valence-corrected chi connectivity index (χ0v) is 12.0. The molecule has 0 saturated carbocycles. The summed E-state index contributed by atoms with van der Waals surface area (Å²) in [5, 5.41) is 2.92. The van der Waals surface area contributed by atoms with Gasteiger partial charge in [0.25, 0.3) is 0 Å². The van der Waals surface area contributed by atoms with Crippen molar-refractivity contribution in [3.63, 3.8) is 0 Å². The Bertz CT molecular complexity index is 409. The van der Waals surface area contributed by atoms with Crippen molar-refractivity contribution in [2.45, 2.75) is 33.2 Å². The Morgan fingerprint density at radius 2 is 1.89 bits per heavy atom. The van der Waals surface area contributed by atoms with Crippen LogP contribution in [0.2, 0.25) is 0 Å². The first-order valence-electron chi connectivity index (χ1n) is 6.35. The summed E-state index contributed by atoms with van der Waals surface area (Å²) >= 11 is 0. The van der Waals surface area contributed by atoms with E-state index in [-0.39, 0.29) is 29.8 Å². The van der Waals surface area contributed by atoms with Crippen LogP contribution >= 0.6 is 0 Å². The Balaban J connectivity index is 2.85. The number of hydrogen-bond acceptors (Lipinski definition) is 2. The lowest BCUT2D eigenvalue weighted by atomic mass is 9.85. The third-order valence-corrected chi connectivity index (χ3v) is 2.70. The van der Waals surface area contributed by atoms with Crippen molar-refractivity contribution in [2.75, 3.05) is 13.7 Å². The monoisotopic (exact) mass is 267 g/mol. The number of rotatable bonds is 5. The highest BCUT2D eigenvalue weighted by molar-refractivity contribution is 5.77. The Morgan fingerprint density at radius 1 is 1.32 bits per heavy atom. The highest BCUT2D eigenvalue weighted by Gasteiger charge is 2.21. The van der Waals surface area contributed by atoms with E-state index < -0.39 is 0 Å². The molecule has 0 saturated heterocycles. The maximum absolute atomic E-state index is 13.0. The summed E-state index contributed by atoms with van der Waals surface area (Å²) in [6, 6.07) is 6.10. The van der Waals surface area contributed by atoms with Gasteiger partial charge in [0.1, 0.15) is 12.4 Å². The Hall–Kier alpha value is -1.42. The topological polar surface area (TPSA) is 38.3 Å². The van der Waals surface area contributed by atoms with E-state index in [1.807, 2.05) is 0 Å². The first-order chi connectivity index (χ1) is 8.81. The molecule has 0 aliphatic carbocycles. The van der Waals surface area contributed by atoms with Crippen LogP contribution < -0.4 is 5.32 Å². The minimum Gasteiger partial charge on any atom is -0.375 e. The lowest BCUT2D eigenvalue weighted by Crippen LogP contribution is -2.33. The maximum atomic E-state index is 13.0. The van der Waals surface area contributed by atoms with Crippen LogP contribution in [0.15, 0.2) is 24.3 Å². The van der Waals surface area contributed by atoms with Crippen molar-refractivity contribution in [3.8, 4) is 0 Å². The molecular formula is C15H22FNO2. The minimum absolute atomic E-state index is 0.0296. The standard InChI is InChI=1S/C15H22FNO2/c1-15(2,3)9-13(17-14(18)10-19-4)11-5-7-12(16)8-6-11/h5-8,13H,9-10H2,1-4H3,(H,17,18). The number of benzene rings is 1. The highest BCUT2D eigenvalue weighted by atomic mass is 19.1. The van der Waals surface area contributed by atoms with Crippen LogP contribution in [0.1, 0.15) is 38.8 Å². The Morgan fingerprint density at radius 3 is 2.37 bits per heavy atom. The molecule has 0 bridgehead atoms. The number of nitrogens with one attached hydrogen (secondary N) is 1. The molecule has 0 radical (unpaired) electrons. The Labute approximate surface area is 114 Å². The summed E-state index contributed by atoms with van der Waals surface area (Å²) in [5.74, 6) is -0.442. The average molecular weight is 267 g/mol. The van der Waals surface area contributed by atoms with Crippen LogP contribution in [-0.2, 0) is 9.53 Å². The summed E-state index contributed by atoms with van der Waals surface area (Å²) in [7, 11) is 1.48. The third-order valence-electron chi connectivity index (χ3n) is 2.70. The molecule has 1 N–H and O–H groups in total. The summed E-state index contributed by atoms with van der Waals surface area (Å²) < 4.78 is 17.8. The second kappa shape index (κ2) is 6.66. The molecule has 1 amide bonds. The number of halogens is 1. The van der Waals surface area contributed by atoms with Gasteiger partial charge in [-0.1, -0.05) is 32.9 Å². The van der Waals surface area contributed by atoms with Crippen LogP contribution in [0.4, 0.5) is 4.39 Å². The first-order valence-corrected chi connectivity index (χ1v) is 6.35. The van der Waals surface area contributed by atoms with E-state index in [0.29, 0.717) is 0 Å². The van der Waals surface area contributed by atoms with E-state index in [4.69, 9.17) is 4.74 Å². The number of hydrogen-bond donors (Lipinski definition) is 1. The van der Waals surface area contributed by atoms with Gasteiger partial charge in [0.15, 0.2) is 0 Å². The van der Waals surface area contributed by atoms with Gasteiger partial charge in [-0.2, -0.15) is 0 Å². The predicted octanol–water partition coefficient (Wildman–Crippen LogP) is 3.07. The number of methoxy groups -OCH3 is 1. The van der Waals surface area contributed by atoms with E-state index in [0.717, 1.165) is 12.0 Å². The van der Waals surface area contributed by atoms with Crippen LogP contribution in [-0.4, -0.2) is 19.6 Å². The number of carbonyl (C=O) groups is 1. The van der Waals surface area contributed by atoms with E-state index >= 15 is 0 Å². The number of carbonyl (C=O) groups excluding carboxylic acids is 1. The van der Waals surface area contributed by atoms with Gasteiger partial charge in [-0.25, -0.2) is 4.39 Å². The van der Waals surface area contributed by atoms with Gasteiger partial charge >= 0.3 is 0 Å². The van der Waals surface area contributed by atoms with Gasteiger partial charge in [0, 0.05) is 7.11 Å². The third kappa shape index (κ3) is 5.83. The molecule has 0 aliphatic heterocycles. The summed E-state index contributed by atoms with van der Waals surface area (Å²) in [4.78, 5) is 11.7. The molecule has 1 aromatic rings. The van der Waals surface area contributed by atoms with E-state index in [9.17, 15) is 9.18 Å². The van der Waals surface area contributed by atoms with Crippen LogP contribution in [0, 0.1) is 11.2 Å². The van der Waals surface area contributed by atoms with Crippen molar-refractivity contribution in [1.29, 1.82) is 0 Å². The second-order valence-electron chi connectivity index (χ2n) is 5.87. The first kappa shape index (κ1) is 15.6. The molecule has 1 aromatic carbocycles. The quantitative estimate of drug-likeness (QED) is 0.890. The molecule has 4 heteroatoms. The fourth-order valence-corrected chi connectivity index (χ4v) is 1.93. The van der Waals surface area contributed by atoms with Gasteiger partial charge in [-0.15, -0.1) is 0 Å². The fraction of sp³-hybridized carbons (Fsp3) is 0.533. The molecule has 106 valence electrons. The molecule has 19 heavy (non-hydrogen) atoms. The molecular weight excluding hydrogens is 245 g/mol. The zero-order valence-electron chi connectivity index (χ0n) is 12.0. The molecule has 1 unspecified atom stereocenters. The molecule has 3 nitrogen and oxygen atoms in total.